The summed E-state index contributed by atoms with van der Waals surface area (Å²) in [5.41, 5.74) is 20.2. The van der Waals surface area contributed by atoms with E-state index in [1.165, 1.54) is 55.8 Å². The van der Waals surface area contributed by atoms with Crippen LogP contribution >= 0.6 is 11.8 Å². The van der Waals surface area contributed by atoms with Gasteiger partial charge in [0, 0.05) is 131 Å². The quantitative estimate of drug-likeness (QED) is 0.0149. The molecule has 45 heteroatoms. The molecule has 4 aliphatic heterocycles. The summed E-state index contributed by atoms with van der Waals surface area (Å²) in [7, 11) is 2.71. The number of nitrogens with zero attached hydrogens (tertiary/aromatic N) is 6. The van der Waals surface area contributed by atoms with E-state index in [9.17, 15) is 39.6 Å². The van der Waals surface area contributed by atoms with Crippen molar-refractivity contribution >= 4 is 140 Å². The molecule has 139 heavy (non-hydrogen) atoms. The molecule has 0 spiro atoms. The maximum atomic E-state index is 15.8. The predicted molar refractivity (Wildman–Crippen MR) is 510 cm³/mol. The number of unbranched alkanes of at least 4 members (excludes halogenated alkanes) is 2. The number of aliphatic hydroxyl groups is 2. The lowest BCUT2D eigenvalue weighted by Gasteiger charge is -2.38. The molecule has 0 bridgehead atoms. The maximum Gasteiger partial charge on any atom is 0.303 e. The number of carboxylic acid groups (broad SMARTS) is 1. The molecule has 4 saturated heterocycles. The second kappa shape index (κ2) is 52.3. The first kappa shape index (κ1) is 107. The van der Waals surface area contributed by atoms with Crippen LogP contribution in [0.3, 0.4) is 0 Å². The van der Waals surface area contributed by atoms with Gasteiger partial charge in [0.1, 0.15) is 78.3 Å². The van der Waals surface area contributed by atoms with Crippen molar-refractivity contribution in [1.29, 1.82) is 5.41 Å². The molecule has 0 saturated carbocycles. The number of carbonyl (C=O) groups is 17. The van der Waals surface area contributed by atoms with E-state index in [0.29, 0.717) is 77.0 Å². The van der Waals surface area contributed by atoms with Gasteiger partial charge >= 0.3 is 5.97 Å². The summed E-state index contributed by atoms with van der Waals surface area (Å²) in [4.78, 5) is 271. The highest BCUT2D eigenvalue weighted by molar-refractivity contribution is 8.00. The van der Waals surface area contributed by atoms with Crippen LogP contribution in [0.5, 0.6) is 5.75 Å². The molecule has 3 aromatic heterocycles. The summed E-state index contributed by atoms with van der Waals surface area (Å²) in [6.45, 7) is 1.26. The first-order chi connectivity index (χ1) is 66.6. The van der Waals surface area contributed by atoms with Crippen LogP contribution in [0, 0.1) is 11.3 Å². The average molecular weight is 1950 g/mol. The molecule has 10 rings (SSSR count). The maximum absolute atomic E-state index is 15.8. The van der Waals surface area contributed by atoms with Crippen molar-refractivity contribution in [3.05, 3.63) is 120 Å². The number of amides is 15. The number of carbonyl (C=O) groups excluding carboxylic acids is 16. The molecular weight excluding hydrogens is 1820 g/mol. The van der Waals surface area contributed by atoms with Crippen molar-refractivity contribution in [2.24, 2.45) is 23.1 Å². The number of piperidine rings is 1. The van der Waals surface area contributed by atoms with Gasteiger partial charge in [-0.25, -0.2) is 4.98 Å². The fraction of sp³-hybridized carbons (Fsp3) is 0.543. The number of likely N-dealkylation sites (N-methyl/N-ethyl adjacent to an activating group) is 2. The van der Waals surface area contributed by atoms with Gasteiger partial charge in [0.2, 0.25) is 88.6 Å². The number of nitrogens with one attached hydrogen (secondary N) is 14. The fourth-order valence-corrected chi connectivity index (χ4v) is 18.9. The number of aliphatic carboxylic acids is 1. The lowest BCUT2D eigenvalue weighted by atomic mass is 9.93. The molecule has 0 aliphatic carbocycles. The van der Waals surface area contributed by atoms with Gasteiger partial charge in [-0.3, -0.25) is 86.9 Å². The van der Waals surface area contributed by atoms with E-state index in [-0.39, 0.29) is 121 Å². The summed E-state index contributed by atoms with van der Waals surface area (Å²) in [5.74, 6) is -18.9. The van der Waals surface area contributed by atoms with Crippen LogP contribution < -0.4 is 70.4 Å². The number of aromatic hydroxyl groups is 1. The number of carboxylic acids is 1. The summed E-state index contributed by atoms with van der Waals surface area (Å²) < 4.78 is 0. The van der Waals surface area contributed by atoms with Gasteiger partial charge in [0.15, 0.2) is 11.7 Å². The molecule has 15 atom stereocenters. The zero-order valence-corrected chi connectivity index (χ0v) is 79.4. The Morgan fingerprint density at radius 3 is 1.71 bits per heavy atom. The number of hydrogen-bond donors (Lipinski definition) is 21. The zero-order valence-electron chi connectivity index (χ0n) is 78.6. The average Bonchev–Trinajstić information content (AvgIpc) is 1.73. The highest BCUT2D eigenvalue weighted by Gasteiger charge is 2.47. The van der Waals surface area contributed by atoms with E-state index >= 15 is 62.3 Å². The first-order valence-corrected chi connectivity index (χ1v) is 48.4. The topological polar surface area (TPSA) is 670 Å². The Balaban J connectivity index is 1.03. The molecule has 24 N–H and O–H groups in total. The molecule has 0 radical (unpaired) electrons. The fourth-order valence-electron chi connectivity index (χ4n) is 18.0. The number of primary amides is 1. The number of hydrogen-bond acceptors (Lipinski definition) is 24. The van der Waals surface area contributed by atoms with Crippen LogP contribution in [-0.4, -0.2) is 327 Å². The van der Waals surface area contributed by atoms with E-state index in [1.807, 2.05) is 13.8 Å². The van der Waals surface area contributed by atoms with Gasteiger partial charge in [-0.15, -0.1) is 11.8 Å². The van der Waals surface area contributed by atoms with Crippen LogP contribution in [0.4, 0.5) is 0 Å². The van der Waals surface area contributed by atoms with E-state index in [1.54, 1.807) is 60.9 Å². The Bertz CT molecular complexity index is 5330. The molecule has 3 aromatic carbocycles. The molecule has 15 amide bonds. The number of phenolic OH excluding ortho intramolecular Hbond substituents is 1. The second-order valence-electron chi connectivity index (χ2n) is 35.7. The normalized spacial score (nSPS) is 24.9. The van der Waals surface area contributed by atoms with Gasteiger partial charge in [-0.05, 0) is 125 Å². The van der Waals surface area contributed by atoms with Crippen LogP contribution in [-0.2, 0) is 107 Å². The highest BCUT2D eigenvalue weighted by Crippen LogP contribution is 2.30. The summed E-state index contributed by atoms with van der Waals surface area (Å²) in [6, 6.07) is 0.195. The number of fused-ring (bicyclic) bond motifs is 5. The van der Waals surface area contributed by atoms with Gasteiger partial charge in [-0.2, -0.15) is 0 Å². The van der Waals surface area contributed by atoms with E-state index < -0.39 is 254 Å². The monoisotopic (exact) mass is 1950 g/mol. The van der Waals surface area contributed by atoms with Crippen molar-refractivity contribution < 1.29 is 102 Å². The van der Waals surface area contributed by atoms with Crippen molar-refractivity contribution in [3.63, 3.8) is 0 Å². The number of Topliss-reactive ketones (excluding diaryl/α,β-unsaturated/α-hetero) is 1. The predicted octanol–water partition coefficient (Wildman–Crippen LogP) is -1.62. The van der Waals surface area contributed by atoms with Gasteiger partial charge in [0.25, 0.3) is 0 Å². The van der Waals surface area contributed by atoms with Crippen LogP contribution in [0.15, 0.2) is 97.7 Å². The number of thioether (sulfide) groups is 1. The number of nitrogens with two attached hydrogens (primary N) is 3. The minimum atomic E-state index is -1.66. The number of aliphatic hydroxyl groups excluding tert-OH is 2. The standard InChI is InChI=1S/C94H131N23O21S/c1-5-7-24-72-85(130)106-64(23-16-35-100-94(97)98)83(128)112-71(82(127)103-47-78(96)122)50-139-51-79(123)105-69(38-53-28-30-58(119)31-29-53)92(137)115-36-14-13-26-73(115)86(131)108-66(32-33-80(124)125)90(135)116-37-17-27-74(116)87(132)110-68(42-57-46-99-52-104-57)84(129)107-65(22-15-34-95)91(136)117-48-59(120)43-76(117)88(133)109-67(39-54-44-101-62-20-11-9-18-60(54)62)77(121)41-56(49-118)81(126)111-70(40-55-45-102-63-21-12-10-19-61(55)63)89(134)114(4)75(25-8-6-2)93(138)113(72)3/h9-12,18-21,28-31,44-46,52,56,59,64-76,101-102,118-120H,5-8,13-17,22-27,32-43,47-51,95H2,1-4H3,(H2,96,122)(H,99,104)(H,103,127)(H,105,123)(H,106,130)(H,107,129)(H,108,131)(H,109,133)(H,110,132)(H,111,126)(H,112,128)(H,124,125)(H4,97,98,100)/t56-,59+,64-,65-,66?,67-,68-,69-,70-,71-,72-,73-,74-,75-,76?/m0/s1. The van der Waals surface area contributed by atoms with Gasteiger partial charge in [0.05, 0.1) is 49.0 Å². The number of rotatable bonds is 28. The number of ketones is 1. The number of imidazole rings is 1. The lowest BCUT2D eigenvalue weighted by molar-refractivity contribution is -0.149. The Labute approximate surface area is 807 Å². The largest absolute Gasteiger partial charge is 0.508 e. The highest BCUT2D eigenvalue weighted by atomic mass is 32.2. The van der Waals surface area contributed by atoms with E-state index in [4.69, 9.17) is 22.6 Å². The molecule has 4 fully saturated rings. The second-order valence-corrected chi connectivity index (χ2v) is 36.8. The van der Waals surface area contributed by atoms with Gasteiger partial charge in [-0.1, -0.05) is 88.1 Å². The van der Waals surface area contributed by atoms with Crippen LogP contribution in [0.1, 0.15) is 158 Å². The number of phenols is 1. The number of benzene rings is 3. The smallest absolute Gasteiger partial charge is 0.303 e. The first-order valence-electron chi connectivity index (χ1n) is 47.3. The third-order valence-electron chi connectivity index (χ3n) is 25.6. The third kappa shape index (κ3) is 30.0. The van der Waals surface area contributed by atoms with Gasteiger partial charge < -0.3 is 130 Å². The number of aromatic nitrogens is 4. The Kier molecular flexibility index (Phi) is 40.4. The summed E-state index contributed by atoms with van der Waals surface area (Å²) in [5, 5.41) is 79.3. The molecule has 754 valence electrons. The number of aromatic amines is 3. The molecule has 44 nitrogen and oxygen atoms in total. The van der Waals surface area contributed by atoms with Crippen molar-refractivity contribution in [1.82, 2.24) is 97.6 Å². The Morgan fingerprint density at radius 2 is 1.09 bits per heavy atom. The molecule has 6 aromatic rings. The Morgan fingerprint density at radius 1 is 0.547 bits per heavy atom. The van der Waals surface area contributed by atoms with Crippen LogP contribution in [0.2, 0.25) is 0 Å². The van der Waals surface area contributed by atoms with E-state index in [0.717, 1.165) is 31.4 Å². The minimum Gasteiger partial charge on any atom is -0.508 e. The zero-order chi connectivity index (χ0) is 101. The number of guanidine groups is 1. The van der Waals surface area contributed by atoms with Crippen molar-refractivity contribution in [2.45, 2.75) is 246 Å². The summed E-state index contributed by atoms with van der Waals surface area (Å²) in [6.07, 6.45) is 3.40. The third-order valence-corrected chi connectivity index (χ3v) is 26.7. The van der Waals surface area contributed by atoms with Crippen molar-refractivity contribution in [3.8, 4) is 5.75 Å². The van der Waals surface area contributed by atoms with E-state index in [2.05, 4.69) is 73.1 Å². The number of H-pyrrole nitrogens is 3. The molecule has 7 heterocycles. The lowest BCUT2D eigenvalue weighted by Crippen LogP contribution is -2.61. The molecular formula is C94H131N23O21S. The molecule has 4 aliphatic rings. The van der Waals surface area contributed by atoms with Crippen molar-refractivity contribution in [2.75, 3.05) is 71.5 Å². The summed E-state index contributed by atoms with van der Waals surface area (Å²) >= 11 is 0.779. The van der Waals surface area contributed by atoms with Crippen LogP contribution in [0.25, 0.3) is 21.8 Å². The minimum absolute atomic E-state index is 0.00190. The molecule has 2 unspecified atom stereocenters. The Hall–Kier alpha value is -13.6. The number of para-hydroxylation sites is 2. The SMILES string of the molecule is CCCC[C@H]1C(=O)N(C)[C@@H](CCCC)C(=O)N[C@@H](CCCNC(=N)N)C(=O)N[C@H](C(=O)NCC(N)=O)CSCC(=O)N[C@@H](Cc2ccc(O)cc2)C(=O)N2CCCC[C@H]2C(=O)NC(CCC(=O)O)C(=O)N2CCC[C@H]2C(=O)N[C@@H](Cc2c[nH]cn2)C(=O)N[C@@H](CCCN)C(=O)N2C[C@H](O)CC2C(=O)N[C@@H](Cc2c[nH]c3ccccc23)C(=O)C[C@@H](CO)C(=O)N[C@@H](Cc2c[nH]c3ccccc23)C(=O)N1C.